The van der Waals surface area contributed by atoms with Crippen molar-refractivity contribution in [3.63, 3.8) is 0 Å². The van der Waals surface area contributed by atoms with Gasteiger partial charge in [-0.2, -0.15) is 0 Å². The minimum Gasteiger partial charge on any atom is -0.469 e. The smallest absolute Gasteiger partial charge is 0.308 e. The van der Waals surface area contributed by atoms with E-state index >= 15 is 0 Å². The number of methoxy groups -OCH3 is 1. The Hall–Kier alpha value is -0.570. The topological polar surface area (TPSA) is 35.5 Å². The van der Waals surface area contributed by atoms with Crippen molar-refractivity contribution in [1.82, 2.24) is 0 Å². The predicted octanol–water partition coefficient (Wildman–Crippen LogP) is 2.93. The Morgan fingerprint density at radius 3 is 2.50 bits per heavy atom. The lowest BCUT2D eigenvalue weighted by Gasteiger charge is -2.40. The monoisotopic (exact) mass is 228 g/mol. The molecule has 1 aliphatic rings. The summed E-state index contributed by atoms with van der Waals surface area (Å²) in [4.78, 5) is 11.3. The Kier molecular flexibility index (Phi) is 5.26. The molecule has 0 aliphatic heterocycles. The highest BCUT2D eigenvalue weighted by Gasteiger charge is 2.40. The fourth-order valence-electron chi connectivity index (χ4n) is 2.06. The largest absolute Gasteiger partial charge is 0.469 e. The van der Waals surface area contributed by atoms with Gasteiger partial charge in [-0.3, -0.25) is 4.79 Å². The number of rotatable bonds is 7. The lowest BCUT2D eigenvalue weighted by Crippen LogP contribution is -2.42. The van der Waals surface area contributed by atoms with E-state index in [0.29, 0.717) is 6.42 Å². The molecule has 0 aromatic heterocycles. The van der Waals surface area contributed by atoms with E-state index in [4.69, 9.17) is 9.47 Å². The van der Waals surface area contributed by atoms with Gasteiger partial charge in [0.2, 0.25) is 0 Å². The van der Waals surface area contributed by atoms with Crippen molar-refractivity contribution in [3.05, 3.63) is 0 Å². The van der Waals surface area contributed by atoms with E-state index in [-0.39, 0.29) is 11.6 Å². The summed E-state index contributed by atoms with van der Waals surface area (Å²) in [5, 5.41) is 0. The average Bonchev–Trinajstić information content (AvgIpc) is 2.19. The SMILES string of the molecule is COC(=O)CC1(OCCCC(C)C)CCC1. The second kappa shape index (κ2) is 6.24. The summed E-state index contributed by atoms with van der Waals surface area (Å²) in [5.74, 6) is 0.574. The Balaban J connectivity index is 2.22. The van der Waals surface area contributed by atoms with E-state index in [1.54, 1.807) is 0 Å². The number of hydrogen-bond acceptors (Lipinski definition) is 3. The Bertz CT molecular complexity index is 219. The van der Waals surface area contributed by atoms with Gasteiger partial charge in [0, 0.05) is 6.61 Å². The van der Waals surface area contributed by atoms with Gasteiger partial charge in [-0.25, -0.2) is 0 Å². The van der Waals surface area contributed by atoms with Crippen LogP contribution < -0.4 is 0 Å². The van der Waals surface area contributed by atoms with Crippen LogP contribution in [0.25, 0.3) is 0 Å². The van der Waals surface area contributed by atoms with E-state index < -0.39 is 0 Å². The van der Waals surface area contributed by atoms with Gasteiger partial charge in [-0.1, -0.05) is 13.8 Å². The highest BCUT2D eigenvalue weighted by atomic mass is 16.5. The lowest BCUT2D eigenvalue weighted by molar-refractivity contribution is -0.157. The molecule has 0 bridgehead atoms. The van der Waals surface area contributed by atoms with Crippen LogP contribution >= 0.6 is 0 Å². The van der Waals surface area contributed by atoms with Gasteiger partial charge < -0.3 is 9.47 Å². The molecule has 0 heterocycles. The van der Waals surface area contributed by atoms with Gasteiger partial charge in [0.25, 0.3) is 0 Å². The van der Waals surface area contributed by atoms with E-state index in [9.17, 15) is 4.79 Å². The maximum Gasteiger partial charge on any atom is 0.308 e. The molecule has 0 spiro atoms. The molecule has 0 atom stereocenters. The lowest BCUT2D eigenvalue weighted by atomic mass is 9.77. The zero-order valence-electron chi connectivity index (χ0n) is 10.8. The molecule has 1 aliphatic carbocycles. The van der Waals surface area contributed by atoms with Crippen LogP contribution in [0.1, 0.15) is 52.4 Å². The maximum atomic E-state index is 11.3. The van der Waals surface area contributed by atoms with Gasteiger partial charge in [0.05, 0.1) is 19.1 Å². The zero-order chi connectivity index (χ0) is 12.0. The van der Waals surface area contributed by atoms with Crippen LogP contribution in [0.4, 0.5) is 0 Å². The first-order chi connectivity index (χ1) is 7.58. The molecule has 94 valence electrons. The molecule has 1 rings (SSSR count). The van der Waals surface area contributed by atoms with Crippen LogP contribution in [-0.2, 0) is 14.3 Å². The van der Waals surface area contributed by atoms with Crippen molar-refractivity contribution in [2.45, 2.75) is 58.0 Å². The summed E-state index contributed by atoms with van der Waals surface area (Å²) in [6.07, 6.45) is 5.87. The number of hydrogen-bond donors (Lipinski definition) is 0. The molecule has 0 aromatic carbocycles. The molecular weight excluding hydrogens is 204 g/mol. The van der Waals surface area contributed by atoms with Crippen molar-refractivity contribution in [2.75, 3.05) is 13.7 Å². The Morgan fingerprint density at radius 1 is 1.38 bits per heavy atom. The van der Waals surface area contributed by atoms with E-state index in [0.717, 1.165) is 31.8 Å². The van der Waals surface area contributed by atoms with Crippen LogP contribution in [0, 0.1) is 5.92 Å². The number of carbonyl (C=O) groups is 1. The average molecular weight is 228 g/mol. The van der Waals surface area contributed by atoms with Gasteiger partial charge in [-0.05, 0) is 38.0 Å². The van der Waals surface area contributed by atoms with Gasteiger partial charge in [-0.15, -0.1) is 0 Å². The minimum atomic E-state index is -0.190. The van der Waals surface area contributed by atoms with Crippen molar-refractivity contribution in [3.8, 4) is 0 Å². The molecule has 0 N–H and O–H groups in total. The molecular formula is C13H24O3. The molecule has 3 heteroatoms. The first kappa shape index (κ1) is 13.5. The highest BCUT2D eigenvalue weighted by Crippen LogP contribution is 2.39. The van der Waals surface area contributed by atoms with Crippen molar-refractivity contribution in [2.24, 2.45) is 5.92 Å². The van der Waals surface area contributed by atoms with Crippen molar-refractivity contribution >= 4 is 5.97 Å². The van der Waals surface area contributed by atoms with Gasteiger partial charge in [0.1, 0.15) is 0 Å². The Morgan fingerprint density at radius 2 is 2.06 bits per heavy atom. The van der Waals surface area contributed by atoms with Crippen LogP contribution in [0.3, 0.4) is 0 Å². The van der Waals surface area contributed by atoms with Crippen molar-refractivity contribution in [1.29, 1.82) is 0 Å². The first-order valence-corrected chi connectivity index (χ1v) is 6.29. The normalized spacial score (nSPS) is 18.2. The fraction of sp³-hybridized carbons (Fsp3) is 0.923. The van der Waals surface area contributed by atoms with Crippen LogP contribution in [0.15, 0.2) is 0 Å². The third-order valence-corrected chi connectivity index (χ3v) is 3.29. The summed E-state index contributed by atoms with van der Waals surface area (Å²) in [6, 6.07) is 0. The quantitative estimate of drug-likeness (QED) is 0.496. The zero-order valence-corrected chi connectivity index (χ0v) is 10.8. The molecule has 1 saturated carbocycles. The molecule has 0 aromatic rings. The summed E-state index contributed by atoms with van der Waals surface area (Å²) in [7, 11) is 1.44. The second-order valence-corrected chi connectivity index (χ2v) is 5.17. The van der Waals surface area contributed by atoms with Crippen LogP contribution in [-0.4, -0.2) is 25.3 Å². The van der Waals surface area contributed by atoms with Crippen molar-refractivity contribution < 1.29 is 14.3 Å². The molecule has 1 fully saturated rings. The summed E-state index contributed by atoms with van der Waals surface area (Å²) >= 11 is 0. The van der Waals surface area contributed by atoms with E-state index in [1.165, 1.54) is 20.0 Å². The minimum absolute atomic E-state index is 0.149. The maximum absolute atomic E-state index is 11.3. The highest BCUT2D eigenvalue weighted by molar-refractivity contribution is 5.70. The fourth-order valence-corrected chi connectivity index (χ4v) is 2.06. The van der Waals surface area contributed by atoms with Gasteiger partial charge >= 0.3 is 5.97 Å². The van der Waals surface area contributed by atoms with E-state index in [1.807, 2.05) is 0 Å². The number of esters is 1. The molecule has 3 nitrogen and oxygen atoms in total. The predicted molar refractivity (Wildman–Crippen MR) is 63.2 cm³/mol. The molecule has 0 radical (unpaired) electrons. The third-order valence-electron chi connectivity index (χ3n) is 3.29. The second-order valence-electron chi connectivity index (χ2n) is 5.17. The number of ether oxygens (including phenoxy) is 2. The third kappa shape index (κ3) is 4.12. The molecule has 0 amide bonds. The van der Waals surface area contributed by atoms with Crippen LogP contribution in [0.5, 0.6) is 0 Å². The Labute approximate surface area is 98.5 Å². The summed E-state index contributed by atoms with van der Waals surface area (Å²) in [5.41, 5.74) is -0.190. The number of carbonyl (C=O) groups excluding carboxylic acids is 1. The molecule has 16 heavy (non-hydrogen) atoms. The van der Waals surface area contributed by atoms with Crippen LogP contribution in [0.2, 0.25) is 0 Å². The molecule has 0 unspecified atom stereocenters. The standard InChI is InChI=1S/C13H24O3/c1-11(2)6-4-9-16-13(7-5-8-13)10-12(14)15-3/h11H,4-10H2,1-3H3. The molecule has 0 saturated heterocycles. The first-order valence-electron chi connectivity index (χ1n) is 6.29. The summed E-state index contributed by atoms with van der Waals surface area (Å²) < 4.78 is 10.6. The summed E-state index contributed by atoms with van der Waals surface area (Å²) in [6.45, 7) is 5.20. The van der Waals surface area contributed by atoms with Gasteiger partial charge in [0.15, 0.2) is 0 Å². The van der Waals surface area contributed by atoms with E-state index in [2.05, 4.69) is 13.8 Å².